The molecule has 0 spiro atoms. The summed E-state index contributed by atoms with van der Waals surface area (Å²) in [6.07, 6.45) is 0. The molecule has 0 atom stereocenters. The van der Waals surface area contributed by atoms with E-state index in [-0.39, 0.29) is 11.8 Å². The number of rotatable bonds is 4. The van der Waals surface area contributed by atoms with E-state index in [9.17, 15) is 9.59 Å². The van der Waals surface area contributed by atoms with Gasteiger partial charge in [-0.05, 0) is 58.4 Å². The fraction of sp³-hybridized carbons (Fsp3) is 0.368. The summed E-state index contributed by atoms with van der Waals surface area (Å²) in [7, 11) is 1.59. The molecule has 0 bridgehead atoms. The van der Waals surface area contributed by atoms with Crippen LogP contribution in [0.5, 0.6) is 0 Å². The second-order valence-corrected chi connectivity index (χ2v) is 6.26. The van der Waals surface area contributed by atoms with E-state index in [1.54, 1.807) is 25.2 Å². The van der Waals surface area contributed by atoms with Crippen molar-refractivity contribution in [2.75, 3.05) is 12.4 Å². The molecule has 0 unspecified atom stereocenters. The van der Waals surface area contributed by atoms with Gasteiger partial charge in [-0.15, -0.1) is 0 Å². The van der Waals surface area contributed by atoms with Crippen LogP contribution >= 0.6 is 0 Å². The number of amides is 2. The summed E-state index contributed by atoms with van der Waals surface area (Å²) in [5.74, 6) is -0.325. The maximum Gasteiger partial charge on any atom is 0.257 e. The summed E-state index contributed by atoms with van der Waals surface area (Å²) in [6, 6.07) is 7.52. The lowest BCUT2D eigenvalue weighted by Crippen LogP contribution is -2.20. The van der Waals surface area contributed by atoms with E-state index in [0.717, 1.165) is 17.0 Å². The largest absolute Gasteiger partial charge is 0.355 e. The first kappa shape index (κ1) is 17.8. The number of nitrogens with zero attached hydrogens (tertiary/aromatic N) is 1. The quantitative estimate of drug-likeness (QED) is 0.901. The lowest BCUT2D eigenvalue weighted by Gasteiger charge is -2.14. The summed E-state index contributed by atoms with van der Waals surface area (Å²) in [5.41, 5.74) is 4.62. The second-order valence-electron chi connectivity index (χ2n) is 6.26. The Morgan fingerprint density at radius 1 is 1.04 bits per heavy atom. The van der Waals surface area contributed by atoms with Gasteiger partial charge in [0.1, 0.15) is 0 Å². The van der Waals surface area contributed by atoms with E-state index in [4.69, 9.17) is 0 Å². The Labute approximate surface area is 143 Å². The minimum absolute atomic E-state index is 0.160. The van der Waals surface area contributed by atoms with Gasteiger partial charge in [-0.1, -0.05) is 6.07 Å². The molecule has 2 rings (SSSR count). The van der Waals surface area contributed by atoms with Crippen molar-refractivity contribution in [3.8, 4) is 0 Å². The molecule has 0 aliphatic carbocycles. The predicted octanol–water partition coefficient (Wildman–Crippen LogP) is 3.61. The number of anilines is 1. The highest BCUT2D eigenvalue weighted by Crippen LogP contribution is 2.23. The molecule has 1 aromatic carbocycles. The molecule has 2 amide bonds. The van der Waals surface area contributed by atoms with Crippen LogP contribution in [0.25, 0.3) is 0 Å². The zero-order valence-corrected chi connectivity index (χ0v) is 15.2. The van der Waals surface area contributed by atoms with Gasteiger partial charge in [-0.3, -0.25) is 9.59 Å². The van der Waals surface area contributed by atoms with Crippen LogP contribution in [-0.2, 0) is 0 Å². The van der Waals surface area contributed by atoms with Crippen molar-refractivity contribution in [2.24, 2.45) is 0 Å². The molecule has 2 aromatic rings. The lowest BCUT2D eigenvalue weighted by molar-refractivity contribution is 0.0960. The Balaban J connectivity index is 2.35. The highest BCUT2D eigenvalue weighted by atomic mass is 16.2. The molecule has 5 heteroatoms. The molecule has 128 valence electrons. The molecule has 0 radical (unpaired) electrons. The molecule has 5 nitrogen and oxygen atoms in total. The number of nitrogens with one attached hydrogen (secondary N) is 2. The third-order valence-electron chi connectivity index (χ3n) is 4.30. The Morgan fingerprint density at radius 2 is 1.71 bits per heavy atom. The van der Waals surface area contributed by atoms with Crippen molar-refractivity contribution in [1.82, 2.24) is 9.88 Å². The van der Waals surface area contributed by atoms with Gasteiger partial charge in [-0.25, -0.2) is 0 Å². The molecule has 1 aromatic heterocycles. The number of carbonyl (C=O) groups is 2. The number of aromatic nitrogens is 1. The lowest BCUT2D eigenvalue weighted by atomic mass is 10.1. The minimum Gasteiger partial charge on any atom is -0.355 e. The van der Waals surface area contributed by atoms with Gasteiger partial charge < -0.3 is 15.2 Å². The third-order valence-corrected chi connectivity index (χ3v) is 4.30. The fourth-order valence-corrected chi connectivity index (χ4v) is 3.14. The van der Waals surface area contributed by atoms with Gasteiger partial charge >= 0.3 is 0 Å². The maximum absolute atomic E-state index is 12.7. The molecule has 24 heavy (non-hydrogen) atoms. The zero-order chi connectivity index (χ0) is 18.0. The van der Waals surface area contributed by atoms with Crippen LogP contribution in [0.1, 0.15) is 57.6 Å². The van der Waals surface area contributed by atoms with Crippen molar-refractivity contribution < 1.29 is 9.59 Å². The first-order chi connectivity index (χ1) is 11.3. The molecular weight excluding hydrogens is 302 g/mol. The zero-order valence-electron chi connectivity index (χ0n) is 15.2. The van der Waals surface area contributed by atoms with E-state index in [1.165, 1.54) is 0 Å². The first-order valence-corrected chi connectivity index (χ1v) is 8.09. The fourth-order valence-electron chi connectivity index (χ4n) is 3.14. The summed E-state index contributed by atoms with van der Waals surface area (Å²) in [5, 5.41) is 5.55. The third kappa shape index (κ3) is 3.20. The van der Waals surface area contributed by atoms with Crippen LogP contribution in [0.15, 0.2) is 24.3 Å². The molecule has 2 N–H and O–H groups in total. The Morgan fingerprint density at radius 3 is 2.25 bits per heavy atom. The van der Waals surface area contributed by atoms with E-state index in [2.05, 4.69) is 29.0 Å². The van der Waals surface area contributed by atoms with Gasteiger partial charge in [0.2, 0.25) is 0 Å². The highest BCUT2D eigenvalue weighted by molar-refractivity contribution is 6.06. The number of benzene rings is 1. The predicted molar refractivity (Wildman–Crippen MR) is 96.8 cm³/mol. The standard InChI is InChI=1S/C19H25N3O2/c1-11(2)22-12(3)10-16(14(22)5)19(24)21-17-9-7-8-15(13(17)4)18(23)20-6/h7-11H,1-6H3,(H,20,23)(H,21,24). The van der Waals surface area contributed by atoms with Crippen molar-refractivity contribution in [3.63, 3.8) is 0 Å². The summed E-state index contributed by atoms with van der Waals surface area (Å²) < 4.78 is 2.14. The maximum atomic E-state index is 12.7. The van der Waals surface area contributed by atoms with Crippen molar-refractivity contribution in [1.29, 1.82) is 0 Å². The number of aryl methyl sites for hydroxylation is 1. The summed E-state index contributed by atoms with van der Waals surface area (Å²) in [6.45, 7) is 9.98. The van der Waals surface area contributed by atoms with Crippen molar-refractivity contribution in [3.05, 3.63) is 52.3 Å². The topological polar surface area (TPSA) is 63.1 Å². The van der Waals surface area contributed by atoms with Crippen LogP contribution in [0.4, 0.5) is 5.69 Å². The molecule has 1 heterocycles. The van der Waals surface area contributed by atoms with Gasteiger partial charge in [0.05, 0.1) is 5.56 Å². The Kier molecular flexibility index (Phi) is 5.12. The molecule has 0 saturated carbocycles. The monoisotopic (exact) mass is 327 g/mol. The Hall–Kier alpha value is -2.56. The van der Waals surface area contributed by atoms with E-state index in [1.807, 2.05) is 26.8 Å². The molecular formula is C19H25N3O2. The summed E-state index contributed by atoms with van der Waals surface area (Å²) >= 11 is 0. The molecule has 0 aliphatic heterocycles. The normalized spacial score (nSPS) is 10.8. The van der Waals surface area contributed by atoms with E-state index in [0.29, 0.717) is 22.9 Å². The minimum atomic E-state index is -0.165. The highest BCUT2D eigenvalue weighted by Gasteiger charge is 2.18. The van der Waals surface area contributed by atoms with Crippen LogP contribution in [0.2, 0.25) is 0 Å². The second kappa shape index (κ2) is 6.91. The Bertz CT molecular complexity index is 788. The van der Waals surface area contributed by atoms with Crippen LogP contribution in [0, 0.1) is 20.8 Å². The average molecular weight is 327 g/mol. The average Bonchev–Trinajstić information content (AvgIpc) is 2.83. The van der Waals surface area contributed by atoms with Crippen LogP contribution < -0.4 is 10.6 Å². The van der Waals surface area contributed by atoms with E-state index < -0.39 is 0 Å². The SMILES string of the molecule is CNC(=O)c1cccc(NC(=O)c2cc(C)n(C(C)C)c2C)c1C. The van der Waals surface area contributed by atoms with Gasteiger partial charge in [-0.2, -0.15) is 0 Å². The number of hydrogen-bond acceptors (Lipinski definition) is 2. The smallest absolute Gasteiger partial charge is 0.257 e. The van der Waals surface area contributed by atoms with Crippen LogP contribution in [0.3, 0.4) is 0 Å². The molecule has 0 saturated heterocycles. The van der Waals surface area contributed by atoms with Gasteiger partial charge in [0, 0.05) is 35.7 Å². The van der Waals surface area contributed by atoms with Crippen molar-refractivity contribution >= 4 is 17.5 Å². The summed E-state index contributed by atoms with van der Waals surface area (Å²) in [4.78, 5) is 24.6. The van der Waals surface area contributed by atoms with Gasteiger partial charge in [0.25, 0.3) is 11.8 Å². The van der Waals surface area contributed by atoms with E-state index >= 15 is 0 Å². The molecule has 0 aliphatic rings. The van der Waals surface area contributed by atoms with Crippen LogP contribution in [-0.4, -0.2) is 23.4 Å². The van der Waals surface area contributed by atoms with Gasteiger partial charge in [0.15, 0.2) is 0 Å². The first-order valence-electron chi connectivity index (χ1n) is 8.09. The molecule has 0 fully saturated rings. The number of hydrogen-bond donors (Lipinski definition) is 2. The number of carbonyl (C=O) groups excluding carboxylic acids is 2. The van der Waals surface area contributed by atoms with Crippen molar-refractivity contribution in [2.45, 2.75) is 40.7 Å².